The predicted molar refractivity (Wildman–Crippen MR) is 71.8 cm³/mol. The summed E-state index contributed by atoms with van der Waals surface area (Å²) in [5.74, 6) is -1.52. The Hall–Kier alpha value is -2.55. The zero-order valence-corrected chi connectivity index (χ0v) is 11.3. The highest BCUT2D eigenvalue weighted by atomic mass is 32.2. The van der Waals surface area contributed by atoms with E-state index in [1.807, 2.05) is 0 Å². The van der Waals surface area contributed by atoms with Crippen LogP contribution in [0.1, 0.15) is 0 Å². The molecule has 0 radical (unpaired) electrons. The van der Waals surface area contributed by atoms with Crippen molar-refractivity contribution in [1.29, 1.82) is 0 Å². The summed E-state index contributed by atoms with van der Waals surface area (Å²) >= 11 is 1.05. The molecule has 0 bridgehead atoms. The summed E-state index contributed by atoms with van der Waals surface area (Å²) in [6, 6.07) is 3.54. The van der Waals surface area contributed by atoms with Gasteiger partial charge in [-0.05, 0) is 30.0 Å². The molecular weight excluding hydrogens is 298 g/mol. The lowest BCUT2D eigenvalue weighted by Gasteiger charge is -2.05. The molecule has 0 unspecified atom stereocenters. The van der Waals surface area contributed by atoms with E-state index in [0.29, 0.717) is 10.8 Å². The molecule has 0 fully saturated rings. The molecule has 2 N–H and O–H groups in total. The average Bonchev–Trinajstić information content (AvgIpc) is 2.96. The van der Waals surface area contributed by atoms with E-state index in [2.05, 4.69) is 19.9 Å². The second-order valence-corrected chi connectivity index (χ2v) is 4.96. The lowest BCUT2D eigenvalue weighted by Crippen LogP contribution is -2.06. The van der Waals surface area contributed by atoms with E-state index in [0.717, 1.165) is 23.9 Å². The van der Waals surface area contributed by atoms with E-state index in [4.69, 9.17) is 5.73 Å². The fraction of sp³-hybridized carbons (Fsp3) is 0. The first-order chi connectivity index (χ1) is 10.1. The number of rotatable bonds is 3. The quantitative estimate of drug-likeness (QED) is 0.797. The van der Waals surface area contributed by atoms with Crippen LogP contribution in [0.5, 0.6) is 0 Å². The second kappa shape index (κ2) is 5.44. The molecular formula is C12H8F2N6S. The first-order valence-corrected chi connectivity index (χ1v) is 6.56. The maximum atomic E-state index is 13.2. The molecule has 0 aliphatic heterocycles. The lowest BCUT2D eigenvalue weighted by molar-refractivity contribution is 0.506. The highest BCUT2D eigenvalue weighted by Crippen LogP contribution is 2.26. The van der Waals surface area contributed by atoms with Gasteiger partial charge in [-0.15, -0.1) is 0 Å². The summed E-state index contributed by atoms with van der Waals surface area (Å²) in [5, 5.41) is 0.275. The van der Waals surface area contributed by atoms with Crippen molar-refractivity contribution in [3.8, 4) is 5.95 Å². The predicted octanol–water partition coefficient (Wildman–Crippen LogP) is 2.07. The van der Waals surface area contributed by atoms with Gasteiger partial charge in [0.1, 0.15) is 6.33 Å². The molecule has 0 spiro atoms. The van der Waals surface area contributed by atoms with Crippen LogP contribution in [0.3, 0.4) is 0 Å². The molecule has 1 aromatic carbocycles. The molecule has 0 amide bonds. The third-order valence-electron chi connectivity index (χ3n) is 2.46. The van der Waals surface area contributed by atoms with E-state index < -0.39 is 11.6 Å². The SMILES string of the molecule is Nc1nc(Sc2ccc(F)c(F)c2)nc(-n2ccnc2)n1. The third-order valence-corrected chi connectivity index (χ3v) is 3.31. The second-order valence-electron chi connectivity index (χ2n) is 3.92. The van der Waals surface area contributed by atoms with Crippen molar-refractivity contribution in [3.63, 3.8) is 0 Å². The smallest absolute Gasteiger partial charge is 0.240 e. The molecule has 0 aliphatic carbocycles. The molecule has 21 heavy (non-hydrogen) atoms. The Kier molecular flexibility index (Phi) is 3.48. The number of anilines is 1. The van der Waals surface area contributed by atoms with E-state index in [1.165, 1.54) is 12.4 Å². The van der Waals surface area contributed by atoms with Gasteiger partial charge in [-0.1, -0.05) is 0 Å². The van der Waals surface area contributed by atoms with Gasteiger partial charge in [-0.25, -0.2) is 13.8 Å². The van der Waals surface area contributed by atoms with Crippen LogP contribution in [-0.4, -0.2) is 24.5 Å². The van der Waals surface area contributed by atoms with Gasteiger partial charge >= 0.3 is 0 Å². The fourth-order valence-corrected chi connectivity index (χ4v) is 2.32. The van der Waals surface area contributed by atoms with Crippen LogP contribution in [0.15, 0.2) is 47.0 Å². The van der Waals surface area contributed by atoms with Crippen LogP contribution in [0.25, 0.3) is 5.95 Å². The van der Waals surface area contributed by atoms with Gasteiger partial charge in [0, 0.05) is 17.3 Å². The van der Waals surface area contributed by atoms with Gasteiger partial charge in [0.2, 0.25) is 11.9 Å². The summed E-state index contributed by atoms with van der Waals surface area (Å²) in [4.78, 5) is 16.5. The van der Waals surface area contributed by atoms with Gasteiger partial charge < -0.3 is 5.73 Å². The van der Waals surface area contributed by atoms with Crippen LogP contribution >= 0.6 is 11.8 Å². The Balaban J connectivity index is 1.93. The van der Waals surface area contributed by atoms with E-state index in [-0.39, 0.29) is 11.1 Å². The maximum absolute atomic E-state index is 13.2. The molecule has 3 rings (SSSR count). The van der Waals surface area contributed by atoms with Gasteiger partial charge in [0.25, 0.3) is 0 Å². The highest BCUT2D eigenvalue weighted by molar-refractivity contribution is 7.99. The van der Waals surface area contributed by atoms with Crippen LogP contribution < -0.4 is 5.73 Å². The summed E-state index contributed by atoms with van der Waals surface area (Å²) in [5.41, 5.74) is 5.63. The molecule has 0 saturated heterocycles. The van der Waals surface area contributed by atoms with Gasteiger partial charge in [0.05, 0.1) is 0 Å². The van der Waals surface area contributed by atoms with Crippen LogP contribution in [0, 0.1) is 11.6 Å². The minimum absolute atomic E-state index is 0.0267. The van der Waals surface area contributed by atoms with Crippen LogP contribution in [0.4, 0.5) is 14.7 Å². The standard InChI is InChI=1S/C12H8F2N6S/c13-8-2-1-7(5-9(8)14)21-12-18-10(15)17-11(19-12)20-4-3-16-6-20/h1-6H,(H2,15,17,18,19). The van der Waals surface area contributed by atoms with Crippen LogP contribution in [0.2, 0.25) is 0 Å². The normalized spacial score (nSPS) is 10.8. The summed E-state index contributed by atoms with van der Waals surface area (Å²) < 4.78 is 27.6. The Morgan fingerprint density at radius 2 is 1.95 bits per heavy atom. The largest absolute Gasteiger partial charge is 0.368 e. The first-order valence-electron chi connectivity index (χ1n) is 5.74. The number of aromatic nitrogens is 5. The Labute approximate surface area is 122 Å². The number of halogens is 2. The molecule has 0 atom stereocenters. The minimum atomic E-state index is -0.933. The summed E-state index contributed by atoms with van der Waals surface area (Å²) in [7, 11) is 0. The Morgan fingerprint density at radius 3 is 2.67 bits per heavy atom. The number of hydrogen-bond donors (Lipinski definition) is 1. The zero-order chi connectivity index (χ0) is 14.8. The Bertz CT molecular complexity index is 777. The number of benzene rings is 1. The highest BCUT2D eigenvalue weighted by Gasteiger charge is 2.09. The van der Waals surface area contributed by atoms with Gasteiger partial charge in [0.15, 0.2) is 16.8 Å². The molecule has 9 heteroatoms. The molecule has 2 heterocycles. The topological polar surface area (TPSA) is 82.5 Å². The van der Waals surface area contributed by atoms with Crippen molar-refractivity contribution >= 4 is 17.7 Å². The van der Waals surface area contributed by atoms with Crippen molar-refractivity contribution in [2.24, 2.45) is 0 Å². The lowest BCUT2D eigenvalue weighted by atomic mass is 10.3. The zero-order valence-electron chi connectivity index (χ0n) is 10.4. The fourth-order valence-electron chi connectivity index (χ4n) is 1.55. The molecule has 0 aliphatic rings. The molecule has 2 aromatic heterocycles. The van der Waals surface area contributed by atoms with E-state index in [1.54, 1.807) is 17.0 Å². The summed E-state index contributed by atoms with van der Waals surface area (Å²) in [6.45, 7) is 0. The first kappa shape index (κ1) is 13.4. The van der Waals surface area contributed by atoms with Crippen molar-refractivity contribution in [3.05, 3.63) is 48.6 Å². The number of imidazole rings is 1. The van der Waals surface area contributed by atoms with Gasteiger partial charge in [-0.3, -0.25) is 4.57 Å². The summed E-state index contributed by atoms with van der Waals surface area (Å²) in [6.07, 6.45) is 4.74. The van der Waals surface area contributed by atoms with E-state index in [9.17, 15) is 8.78 Å². The minimum Gasteiger partial charge on any atom is -0.368 e. The van der Waals surface area contributed by atoms with Crippen molar-refractivity contribution in [2.75, 3.05) is 5.73 Å². The molecule has 6 nitrogen and oxygen atoms in total. The van der Waals surface area contributed by atoms with Crippen LogP contribution in [-0.2, 0) is 0 Å². The number of nitrogens with zero attached hydrogens (tertiary/aromatic N) is 5. The third kappa shape index (κ3) is 2.97. The Morgan fingerprint density at radius 1 is 1.10 bits per heavy atom. The molecule has 106 valence electrons. The number of hydrogen-bond acceptors (Lipinski definition) is 6. The van der Waals surface area contributed by atoms with Gasteiger partial charge in [-0.2, -0.15) is 15.0 Å². The molecule has 3 aromatic rings. The molecule has 0 saturated carbocycles. The monoisotopic (exact) mass is 306 g/mol. The maximum Gasteiger partial charge on any atom is 0.240 e. The average molecular weight is 306 g/mol. The number of nitrogen functional groups attached to an aromatic ring is 1. The van der Waals surface area contributed by atoms with Crippen molar-refractivity contribution < 1.29 is 8.78 Å². The number of nitrogens with two attached hydrogens (primary N) is 1. The van der Waals surface area contributed by atoms with E-state index >= 15 is 0 Å². The van der Waals surface area contributed by atoms with Crippen molar-refractivity contribution in [1.82, 2.24) is 24.5 Å². The van der Waals surface area contributed by atoms with Crippen molar-refractivity contribution in [2.45, 2.75) is 10.1 Å².